The van der Waals surface area contributed by atoms with Gasteiger partial charge in [0.25, 0.3) is 17.1 Å². The Morgan fingerprint density at radius 2 is 1.96 bits per heavy atom. The number of anilines is 1. The molecule has 0 aliphatic carbocycles. The van der Waals surface area contributed by atoms with Gasteiger partial charge in [-0.1, -0.05) is 35.9 Å². The van der Waals surface area contributed by atoms with Crippen LogP contribution in [0.3, 0.4) is 0 Å². The van der Waals surface area contributed by atoms with Crippen LogP contribution in [0.4, 0.5) is 10.5 Å². The summed E-state index contributed by atoms with van der Waals surface area (Å²) in [6.45, 7) is 1.89. The lowest BCUT2D eigenvalue weighted by Crippen LogP contribution is -2.27. The van der Waals surface area contributed by atoms with Gasteiger partial charge in [0.05, 0.1) is 9.93 Å². The summed E-state index contributed by atoms with van der Waals surface area (Å²) in [7, 11) is 0. The van der Waals surface area contributed by atoms with E-state index in [1.165, 1.54) is 4.90 Å². The van der Waals surface area contributed by atoms with Crippen LogP contribution in [0.5, 0.6) is 5.75 Å². The zero-order valence-corrected chi connectivity index (χ0v) is 16.5. The third-order valence-corrected chi connectivity index (χ3v) is 5.06. The normalized spacial score (nSPS) is 15.2. The van der Waals surface area contributed by atoms with Crippen LogP contribution in [-0.4, -0.2) is 35.1 Å². The molecule has 28 heavy (non-hydrogen) atoms. The van der Waals surface area contributed by atoms with Gasteiger partial charge in [0, 0.05) is 12.2 Å². The number of para-hydroxylation sites is 1. The summed E-state index contributed by atoms with van der Waals surface area (Å²) in [5.74, 6) is -0.269. The molecule has 0 bridgehead atoms. The first-order chi connectivity index (χ1) is 13.5. The molecule has 6 nitrogen and oxygen atoms in total. The molecule has 0 spiro atoms. The SMILES string of the molecule is CCN1C(=O)S/C(=C/c2ccc(OCC(=O)Nc3ccccc3)c(Cl)c2)C1=O. The molecule has 0 saturated carbocycles. The molecule has 0 atom stereocenters. The van der Waals surface area contributed by atoms with Gasteiger partial charge in [-0.25, -0.2) is 0 Å². The molecule has 3 amide bonds. The van der Waals surface area contributed by atoms with Crippen molar-refractivity contribution in [2.24, 2.45) is 0 Å². The predicted molar refractivity (Wildman–Crippen MR) is 110 cm³/mol. The molecule has 2 aromatic rings. The van der Waals surface area contributed by atoms with Gasteiger partial charge in [-0.15, -0.1) is 0 Å². The molecule has 8 heteroatoms. The van der Waals surface area contributed by atoms with Crippen LogP contribution >= 0.6 is 23.4 Å². The van der Waals surface area contributed by atoms with Crippen molar-refractivity contribution in [3.8, 4) is 5.75 Å². The molecular weight excluding hydrogens is 400 g/mol. The van der Waals surface area contributed by atoms with Crippen LogP contribution in [0, 0.1) is 0 Å². The van der Waals surface area contributed by atoms with Crippen molar-refractivity contribution in [3.05, 3.63) is 64.0 Å². The summed E-state index contributed by atoms with van der Waals surface area (Å²) < 4.78 is 5.47. The van der Waals surface area contributed by atoms with Gasteiger partial charge in [0.1, 0.15) is 5.75 Å². The lowest BCUT2D eigenvalue weighted by atomic mass is 10.2. The molecule has 0 radical (unpaired) electrons. The number of thioether (sulfide) groups is 1. The second-order valence-corrected chi connectivity index (χ2v) is 7.22. The number of carbonyl (C=O) groups excluding carboxylic acids is 3. The number of halogens is 1. The summed E-state index contributed by atoms with van der Waals surface area (Å²) in [5, 5.41) is 2.74. The average molecular weight is 417 g/mol. The first-order valence-corrected chi connectivity index (χ1v) is 9.70. The number of ether oxygens (including phenoxy) is 1. The Hall–Kier alpha value is -2.77. The molecule has 1 heterocycles. The first kappa shape index (κ1) is 20.0. The third-order valence-electron chi connectivity index (χ3n) is 3.86. The van der Waals surface area contributed by atoms with Gasteiger partial charge in [-0.05, 0) is 54.6 Å². The molecule has 3 rings (SSSR count). The Labute approximate surface area is 171 Å². The fourth-order valence-electron chi connectivity index (χ4n) is 2.51. The van der Waals surface area contributed by atoms with E-state index in [0.29, 0.717) is 33.5 Å². The summed E-state index contributed by atoms with van der Waals surface area (Å²) in [5.41, 5.74) is 1.34. The second-order valence-electron chi connectivity index (χ2n) is 5.82. The molecule has 1 saturated heterocycles. The highest BCUT2D eigenvalue weighted by molar-refractivity contribution is 8.18. The number of hydrogen-bond donors (Lipinski definition) is 1. The first-order valence-electron chi connectivity index (χ1n) is 8.50. The van der Waals surface area contributed by atoms with Crippen molar-refractivity contribution in [2.75, 3.05) is 18.5 Å². The van der Waals surface area contributed by atoms with Crippen molar-refractivity contribution in [1.82, 2.24) is 4.90 Å². The Morgan fingerprint density at radius 1 is 1.21 bits per heavy atom. The van der Waals surface area contributed by atoms with E-state index in [2.05, 4.69) is 5.32 Å². The van der Waals surface area contributed by atoms with Gasteiger partial charge in [-0.3, -0.25) is 19.3 Å². The minimum atomic E-state index is -0.313. The summed E-state index contributed by atoms with van der Waals surface area (Å²) in [6.07, 6.45) is 1.61. The molecule has 1 N–H and O–H groups in total. The van der Waals surface area contributed by atoms with E-state index < -0.39 is 0 Å². The molecule has 0 aromatic heterocycles. The van der Waals surface area contributed by atoms with E-state index in [9.17, 15) is 14.4 Å². The number of carbonyl (C=O) groups is 3. The average Bonchev–Trinajstić information content (AvgIpc) is 2.94. The minimum Gasteiger partial charge on any atom is -0.482 e. The molecule has 1 fully saturated rings. The van der Waals surface area contributed by atoms with Crippen LogP contribution in [0.2, 0.25) is 5.02 Å². The molecular formula is C20H17ClN2O4S. The number of amides is 3. The number of rotatable bonds is 6. The lowest BCUT2D eigenvalue weighted by Gasteiger charge is -2.09. The molecule has 0 unspecified atom stereocenters. The Morgan fingerprint density at radius 3 is 2.61 bits per heavy atom. The highest BCUT2D eigenvalue weighted by Gasteiger charge is 2.33. The van der Waals surface area contributed by atoms with Gasteiger partial charge in [-0.2, -0.15) is 0 Å². The van der Waals surface area contributed by atoms with Crippen LogP contribution in [0.25, 0.3) is 6.08 Å². The monoisotopic (exact) mass is 416 g/mol. The number of nitrogens with zero attached hydrogens (tertiary/aromatic N) is 1. The Bertz CT molecular complexity index is 946. The van der Waals surface area contributed by atoms with Gasteiger partial charge in [0.2, 0.25) is 0 Å². The van der Waals surface area contributed by atoms with Gasteiger partial charge >= 0.3 is 0 Å². The highest BCUT2D eigenvalue weighted by atomic mass is 35.5. The van der Waals surface area contributed by atoms with Crippen molar-refractivity contribution < 1.29 is 19.1 Å². The predicted octanol–water partition coefficient (Wildman–Crippen LogP) is 4.41. The smallest absolute Gasteiger partial charge is 0.293 e. The van der Waals surface area contributed by atoms with Crippen LogP contribution < -0.4 is 10.1 Å². The summed E-state index contributed by atoms with van der Waals surface area (Å²) in [6, 6.07) is 14.0. The largest absolute Gasteiger partial charge is 0.482 e. The standard InChI is InChI=1S/C20H17ClN2O4S/c1-2-23-19(25)17(28-20(23)26)11-13-8-9-16(15(21)10-13)27-12-18(24)22-14-6-4-3-5-7-14/h3-11H,2,12H2,1H3,(H,22,24)/b17-11+. The summed E-state index contributed by atoms with van der Waals surface area (Å²) >= 11 is 7.12. The van der Waals surface area contributed by atoms with E-state index in [0.717, 1.165) is 11.8 Å². The van der Waals surface area contributed by atoms with Crippen molar-refractivity contribution in [2.45, 2.75) is 6.92 Å². The van der Waals surface area contributed by atoms with E-state index in [1.807, 2.05) is 18.2 Å². The quantitative estimate of drug-likeness (QED) is 0.706. The summed E-state index contributed by atoms with van der Waals surface area (Å²) in [4.78, 5) is 37.4. The highest BCUT2D eigenvalue weighted by Crippen LogP contribution is 2.33. The topological polar surface area (TPSA) is 75.7 Å². The lowest BCUT2D eigenvalue weighted by molar-refractivity contribution is -0.122. The number of hydrogen-bond acceptors (Lipinski definition) is 5. The molecule has 1 aliphatic rings. The van der Waals surface area contributed by atoms with Crippen LogP contribution in [-0.2, 0) is 9.59 Å². The second kappa shape index (κ2) is 8.95. The van der Waals surface area contributed by atoms with E-state index >= 15 is 0 Å². The Kier molecular flexibility index (Phi) is 6.38. The maximum absolute atomic E-state index is 12.1. The van der Waals surface area contributed by atoms with Gasteiger partial charge < -0.3 is 10.1 Å². The van der Waals surface area contributed by atoms with Crippen LogP contribution in [0.1, 0.15) is 12.5 Å². The number of imide groups is 1. The van der Waals surface area contributed by atoms with Crippen molar-refractivity contribution >= 4 is 52.2 Å². The van der Waals surface area contributed by atoms with Gasteiger partial charge in [0.15, 0.2) is 6.61 Å². The molecule has 144 valence electrons. The third kappa shape index (κ3) is 4.74. The van der Waals surface area contributed by atoms with Crippen LogP contribution in [0.15, 0.2) is 53.4 Å². The number of nitrogens with one attached hydrogen (secondary N) is 1. The molecule has 1 aliphatic heterocycles. The number of likely N-dealkylation sites (N-methyl/N-ethyl adjacent to an activating group) is 1. The minimum absolute atomic E-state index is 0.191. The van der Waals surface area contributed by atoms with Crippen molar-refractivity contribution in [3.63, 3.8) is 0 Å². The fraction of sp³-hybridized carbons (Fsp3) is 0.150. The molecule has 2 aromatic carbocycles. The zero-order chi connectivity index (χ0) is 20.1. The Balaban J connectivity index is 1.63. The van der Waals surface area contributed by atoms with E-state index in [4.69, 9.17) is 16.3 Å². The fourth-order valence-corrected chi connectivity index (χ4v) is 3.66. The maximum atomic E-state index is 12.1. The zero-order valence-electron chi connectivity index (χ0n) is 15.0. The maximum Gasteiger partial charge on any atom is 0.293 e. The van der Waals surface area contributed by atoms with E-state index in [1.54, 1.807) is 43.3 Å². The van der Waals surface area contributed by atoms with E-state index in [-0.39, 0.29) is 23.7 Å². The van der Waals surface area contributed by atoms with Crippen molar-refractivity contribution in [1.29, 1.82) is 0 Å². The number of benzene rings is 2.